The van der Waals surface area contributed by atoms with Crippen molar-refractivity contribution in [3.05, 3.63) is 47.3 Å². The molecular weight excluding hydrogens is 364 g/mol. The summed E-state index contributed by atoms with van der Waals surface area (Å²) in [5, 5.41) is 7.23. The maximum Gasteiger partial charge on any atom is 0.244 e. The fourth-order valence-electron chi connectivity index (χ4n) is 3.34. The van der Waals surface area contributed by atoms with Crippen LogP contribution in [0.15, 0.2) is 35.2 Å². The minimum absolute atomic E-state index is 0.130. The molecule has 2 aromatic rings. The Labute approximate surface area is 160 Å². The van der Waals surface area contributed by atoms with E-state index in [-0.39, 0.29) is 5.91 Å². The SMILES string of the molecule is Cc1cc(C)n(C(C)C(=O)NCc2ccc(S(=O)(=O)N3CCCC3)cc2)n1. The van der Waals surface area contributed by atoms with Crippen LogP contribution < -0.4 is 5.32 Å². The minimum atomic E-state index is -3.40. The number of rotatable bonds is 6. The standard InChI is InChI=1S/C19H26N4O3S/c1-14-12-15(2)23(21-14)16(3)19(24)20-13-17-6-8-18(9-7-17)27(25,26)22-10-4-5-11-22/h6-9,12,16H,4-5,10-11,13H2,1-3H3,(H,20,24). The lowest BCUT2D eigenvalue weighted by Gasteiger charge is -2.16. The van der Waals surface area contributed by atoms with Gasteiger partial charge in [-0.3, -0.25) is 9.48 Å². The van der Waals surface area contributed by atoms with Crippen LogP contribution in [0.4, 0.5) is 0 Å². The van der Waals surface area contributed by atoms with Crippen LogP contribution in [-0.2, 0) is 21.4 Å². The predicted octanol–water partition coefficient (Wildman–Crippen LogP) is 2.16. The summed E-state index contributed by atoms with van der Waals surface area (Å²) in [5.41, 5.74) is 2.66. The summed E-state index contributed by atoms with van der Waals surface area (Å²) in [7, 11) is -3.40. The monoisotopic (exact) mass is 390 g/mol. The molecule has 0 saturated carbocycles. The fourth-order valence-corrected chi connectivity index (χ4v) is 4.86. The Kier molecular flexibility index (Phi) is 5.67. The summed E-state index contributed by atoms with van der Waals surface area (Å²) in [6.07, 6.45) is 1.83. The molecule has 1 fully saturated rings. The lowest BCUT2D eigenvalue weighted by atomic mass is 10.2. The largest absolute Gasteiger partial charge is 0.350 e. The van der Waals surface area contributed by atoms with Gasteiger partial charge < -0.3 is 5.32 Å². The number of nitrogens with one attached hydrogen (secondary N) is 1. The van der Waals surface area contributed by atoms with Crippen LogP contribution in [0, 0.1) is 13.8 Å². The highest BCUT2D eigenvalue weighted by Gasteiger charge is 2.27. The average Bonchev–Trinajstić information content (AvgIpc) is 3.29. The second-order valence-electron chi connectivity index (χ2n) is 7.02. The van der Waals surface area contributed by atoms with Crippen LogP contribution in [0.1, 0.15) is 42.8 Å². The van der Waals surface area contributed by atoms with Crippen LogP contribution in [-0.4, -0.2) is 41.5 Å². The number of aromatic nitrogens is 2. The van der Waals surface area contributed by atoms with Gasteiger partial charge in [-0.2, -0.15) is 9.40 Å². The number of hydrogen-bond acceptors (Lipinski definition) is 4. The zero-order valence-electron chi connectivity index (χ0n) is 16.0. The van der Waals surface area contributed by atoms with Crippen molar-refractivity contribution >= 4 is 15.9 Å². The number of amides is 1. The van der Waals surface area contributed by atoms with Gasteiger partial charge in [0.2, 0.25) is 15.9 Å². The highest BCUT2D eigenvalue weighted by atomic mass is 32.2. The Morgan fingerprint density at radius 2 is 1.81 bits per heavy atom. The molecule has 8 heteroatoms. The van der Waals surface area contributed by atoms with Gasteiger partial charge in [-0.15, -0.1) is 0 Å². The lowest BCUT2D eigenvalue weighted by Crippen LogP contribution is -2.31. The molecule has 1 N–H and O–H groups in total. The summed E-state index contributed by atoms with van der Waals surface area (Å²) in [5.74, 6) is -0.130. The molecule has 0 bridgehead atoms. The van der Waals surface area contributed by atoms with Crippen LogP contribution in [0.25, 0.3) is 0 Å². The van der Waals surface area contributed by atoms with Crippen molar-refractivity contribution in [2.24, 2.45) is 0 Å². The molecule has 27 heavy (non-hydrogen) atoms. The third-order valence-corrected chi connectivity index (χ3v) is 6.80. The van der Waals surface area contributed by atoms with Crippen LogP contribution in [0.3, 0.4) is 0 Å². The number of carbonyl (C=O) groups excluding carboxylic acids is 1. The maximum absolute atomic E-state index is 12.5. The molecule has 0 aliphatic carbocycles. The number of benzene rings is 1. The van der Waals surface area contributed by atoms with Gasteiger partial charge in [0.15, 0.2) is 0 Å². The van der Waals surface area contributed by atoms with E-state index in [2.05, 4.69) is 10.4 Å². The van der Waals surface area contributed by atoms with Crippen molar-refractivity contribution in [2.75, 3.05) is 13.1 Å². The molecule has 1 saturated heterocycles. The zero-order chi connectivity index (χ0) is 19.6. The molecule has 1 aliphatic heterocycles. The van der Waals surface area contributed by atoms with E-state index in [0.29, 0.717) is 24.5 Å². The van der Waals surface area contributed by atoms with Crippen LogP contribution in [0.2, 0.25) is 0 Å². The maximum atomic E-state index is 12.5. The van der Waals surface area contributed by atoms with Crippen molar-refractivity contribution in [3.8, 4) is 0 Å². The molecule has 7 nitrogen and oxygen atoms in total. The molecule has 1 aromatic carbocycles. The number of hydrogen-bond donors (Lipinski definition) is 1. The van der Waals surface area contributed by atoms with Crippen LogP contribution in [0.5, 0.6) is 0 Å². The second-order valence-corrected chi connectivity index (χ2v) is 8.96. The van der Waals surface area contributed by atoms with Crippen molar-refractivity contribution in [1.29, 1.82) is 0 Å². The Bertz CT molecular complexity index is 913. The van der Waals surface area contributed by atoms with E-state index in [9.17, 15) is 13.2 Å². The molecule has 2 heterocycles. The summed E-state index contributed by atoms with van der Waals surface area (Å²) < 4.78 is 28.3. The number of nitrogens with zero attached hydrogens (tertiary/aromatic N) is 3. The van der Waals surface area contributed by atoms with E-state index in [1.165, 1.54) is 4.31 Å². The Hall–Kier alpha value is -2.19. The Balaban J connectivity index is 1.61. The summed E-state index contributed by atoms with van der Waals surface area (Å²) in [4.78, 5) is 12.7. The Morgan fingerprint density at radius 1 is 1.19 bits per heavy atom. The molecule has 1 unspecified atom stereocenters. The molecule has 3 rings (SSSR count). The van der Waals surface area contributed by atoms with E-state index in [1.807, 2.05) is 19.9 Å². The lowest BCUT2D eigenvalue weighted by molar-refractivity contribution is -0.124. The zero-order valence-corrected chi connectivity index (χ0v) is 16.8. The minimum Gasteiger partial charge on any atom is -0.350 e. The fraction of sp³-hybridized carbons (Fsp3) is 0.474. The molecule has 1 amide bonds. The van der Waals surface area contributed by atoms with E-state index >= 15 is 0 Å². The first-order chi connectivity index (χ1) is 12.8. The Morgan fingerprint density at radius 3 is 2.37 bits per heavy atom. The van der Waals surface area contributed by atoms with Crippen molar-refractivity contribution in [1.82, 2.24) is 19.4 Å². The van der Waals surface area contributed by atoms with Crippen LogP contribution >= 0.6 is 0 Å². The van der Waals surface area contributed by atoms with Gasteiger partial charge in [0.25, 0.3) is 0 Å². The van der Waals surface area contributed by atoms with Gasteiger partial charge in [0.1, 0.15) is 6.04 Å². The third kappa shape index (κ3) is 4.22. The molecule has 1 atom stereocenters. The van der Waals surface area contributed by atoms with E-state index in [0.717, 1.165) is 29.8 Å². The first-order valence-electron chi connectivity index (χ1n) is 9.18. The van der Waals surface area contributed by atoms with Gasteiger partial charge in [0, 0.05) is 25.3 Å². The van der Waals surface area contributed by atoms with Gasteiger partial charge in [-0.1, -0.05) is 12.1 Å². The van der Waals surface area contributed by atoms with Gasteiger partial charge in [-0.25, -0.2) is 8.42 Å². The highest BCUT2D eigenvalue weighted by Crippen LogP contribution is 2.21. The summed E-state index contributed by atoms with van der Waals surface area (Å²) in [6.45, 7) is 7.14. The smallest absolute Gasteiger partial charge is 0.244 e. The second kappa shape index (κ2) is 7.82. The molecule has 1 aromatic heterocycles. The number of aryl methyl sites for hydroxylation is 2. The van der Waals surface area contributed by atoms with Crippen molar-refractivity contribution in [2.45, 2.75) is 51.1 Å². The van der Waals surface area contributed by atoms with Crippen molar-refractivity contribution in [3.63, 3.8) is 0 Å². The summed E-state index contributed by atoms with van der Waals surface area (Å²) in [6, 6.07) is 8.24. The molecule has 0 radical (unpaired) electrons. The highest BCUT2D eigenvalue weighted by molar-refractivity contribution is 7.89. The van der Waals surface area contributed by atoms with E-state index in [1.54, 1.807) is 35.9 Å². The topological polar surface area (TPSA) is 84.3 Å². The third-order valence-electron chi connectivity index (χ3n) is 4.88. The molecule has 146 valence electrons. The first kappa shape index (κ1) is 19.6. The van der Waals surface area contributed by atoms with E-state index < -0.39 is 16.1 Å². The average molecular weight is 391 g/mol. The molecule has 0 spiro atoms. The number of carbonyl (C=O) groups is 1. The number of sulfonamides is 1. The quantitative estimate of drug-likeness (QED) is 0.819. The molecular formula is C19H26N4O3S. The van der Waals surface area contributed by atoms with Gasteiger partial charge in [-0.05, 0) is 57.4 Å². The van der Waals surface area contributed by atoms with Gasteiger partial charge in [0.05, 0.1) is 10.6 Å². The normalized spacial score (nSPS) is 16.4. The van der Waals surface area contributed by atoms with Gasteiger partial charge >= 0.3 is 0 Å². The predicted molar refractivity (Wildman–Crippen MR) is 103 cm³/mol. The van der Waals surface area contributed by atoms with E-state index in [4.69, 9.17) is 0 Å². The molecule has 1 aliphatic rings. The van der Waals surface area contributed by atoms with Crippen molar-refractivity contribution < 1.29 is 13.2 Å². The summed E-state index contributed by atoms with van der Waals surface area (Å²) >= 11 is 0. The first-order valence-corrected chi connectivity index (χ1v) is 10.6.